The van der Waals surface area contributed by atoms with E-state index in [-0.39, 0.29) is 11.3 Å². The summed E-state index contributed by atoms with van der Waals surface area (Å²) in [4.78, 5) is 23.9. The Balaban J connectivity index is 1.96. The predicted octanol–water partition coefficient (Wildman–Crippen LogP) is 1.53. The van der Waals surface area contributed by atoms with Crippen LogP contribution >= 0.6 is 0 Å². The van der Waals surface area contributed by atoms with Gasteiger partial charge < -0.3 is 15.7 Å². The Labute approximate surface area is 120 Å². The van der Waals surface area contributed by atoms with Crippen LogP contribution in [0.2, 0.25) is 0 Å². The fourth-order valence-electron chi connectivity index (χ4n) is 3.48. The van der Waals surface area contributed by atoms with Gasteiger partial charge in [-0.15, -0.1) is 0 Å². The molecule has 0 radical (unpaired) electrons. The van der Waals surface area contributed by atoms with Crippen molar-refractivity contribution < 1.29 is 14.7 Å². The topological polar surface area (TPSA) is 78.4 Å². The number of amides is 1. The van der Waals surface area contributed by atoms with Crippen molar-refractivity contribution in [2.45, 2.75) is 51.9 Å². The summed E-state index contributed by atoms with van der Waals surface area (Å²) in [6, 6.07) is 0. The number of carbonyl (C=O) groups excluding carboxylic acids is 1. The van der Waals surface area contributed by atoms with Crippen molar-refractivity contribution in [3.63, 3.8) is 0 Å². The van der Waals surface area contributed by atoms with Crippen LogP contribution in [0.1, 0.15) is 51.9 Å². The first-order valence-corrected chi connectivity index (χ1v) is 7.77. The second-order valence-corrected chi connectivity index (χ2v) is 6.40. The number of piperidine rings is 1. The molecule has 0 aromatic heterocycles. The molecule has 20 heavy (non-hydrogen) atoms. The predicted molar refractivity (Wildman–Crippen MR) is 76.4 cm³/mol. The van der Waals surface area contributed by atoms with Crippen LogP contribution in [0.5, 0.6) is 0 Å². The van der Waals surface area contributed by atoms with Gasteiger partial charge in [0.25, 0.3) is 0 Å². The average Bonchev–Trinajstić information content (AvgIpc) is 2.38. The largest absolute Gasteiger partial charge is 0.481 e. The first-order chi connectivity index (χ1) is 9.55. The lowest BCUT2D eigenvalue weighted by atomic mass is 9.68. The van der Waals surface area contributed by atoms with Crippen molar-refractivity contribution in [2.75, 3.05) is 19.6 Å². The number of carboxylic acid groups (broad SMARTS) is 1. The molecule has 0 bridgehead atoms. The Kier molecular flexibility index (Phi) is 4.68. The second kappa shape index (κ2) is 6.12. The molecule has 0 spiro atoms. The van der Waals surface area contributed by atoms with Gasteiger partial charge in [-0.25, -0.2) is 0 Å². The second-order valence-electron chi connectivity index (χ2n) is 6.40. The molecule has 5 nitrogen and oxygen atoms in total. The molecule has 1 heterocycles. The molecule has 2 rings (SSSR count). The third kappa shape index (κ3) is 2.82. The van der Waals surface area contributed by atoms with E-state index in [0.717, 1.165) is 45.2 Å². The summed E-state index contributed by atoms with van der Waals surface area (Å²) in [6.07, 6.45) is 5.90. The van der Waals surface area contributed by atoms with E-state index in [2.05, 4.69) is 17.6 Å². The minimum Gasteiger partial charge on any atom is -0.481 e. The van der Waals surface area contributed by atoms with E-state index in [4.69, 9.17) is 0 Å². The molecule has 0 aromatic rings. The van der Waals surface area contributed by atoms with Crippen molar-refractivity contribution in [3.8, 4) is 0 Å². The number of aliphatic carboxylic acids is 1. The fraction of sp³-hybridized carbons (Fsp3) is 0.867. The number of hydrogen-bond acceptors (Lipinski definition) is 3. The van der Waals surface area contributed by atoms with Crippen LogP contribution < -0.4 is 10.6 Å². The number of hydrogen-bond donors (Lipinski definition) is 3. The number of rotatable bonds is 6. The number of carboxylic acids is 1. The van der Waals surface area contributed by atoms with Gasteiger partial charge in [0.15, 0.2) is 0 Å². The molecule has 114 valence electrons. The van der Waals surface area contributed by atoms with Crippen molar-refractivity contribution in [1.29, 1.82) is 0 Å². The Bertz CT molecular complexity index is 366. The molecule has 1 aliphatic carbocycles. The molecule has 3 N–H and O–H groups in total. The molecule has 5 heteroatoms. The maximum absolute atomic E-state index is 12.6. The molecule has 0 unspecified atom stereocenters. The van der Waals surface area contributed by atoms with Gasteiger partial charge in [0.1, 0.15) is 0 Å². The molecule has 0 aromatic carbocycles. The molecular weight excluding hydrogens is 256 g/mol. The SMILES string of the molecule is CCCC1(C(=O)NCC2(C(=O)O)CCC2)CCNCC1. The van der Waals surface area contributed by atoms with Gasteiger partial charge in [-0.2, -0.15) is 0 Å². The molecule has 1 saturated heterocycles. The molecule has 2 aliphatic rings. The Morgan fingerprint density at radius 2 is 1.80 bits per heavy atom. The molecule has 1 amide bonds. The molecular formula is C15H26N2O3. The first kappa shape index (κ1) is 15.3. The maximum Gasteiger partial charge on any atom is 0.311 e. The van der Waals surface area contributed by atoms with Gasteiger partial charge in [-0.3, -0.25) is 9.59 Å². The van der Waals surface area contributed by atoms with Crippen LogP contribution in [0.25, 0.3) is 0 Å². The first-order valence-electron chi connectivity index (χ1n) is 7.77. The molecule has 0 atom stereocenters. The summed E-state index contributed by atoms with van der Waals surface area (Å²) >= 11 is 0. The number of carbonyl (C=O) groups is 2. The minimum absolute atomic E-state index is 0.0633. The van der Waals surface area contributed by atoms with Crippen LogP contribution in [0.4, 0.5) is 0 Å². The fourth-order valence-corrected chi connectivity index (χ4v) is 3.48. The minimum atomic E-state index is -0.765. The number of nitrogens with one attached hydrogen (secondary N) is 2. The van der Waals surface area contributed by atoms with Crippen LogP contribution in [-0.4, -0.2) is 36.6 Å². The zero-order chi connectivity index (χ0) is 14.6. The van der Waals surface area contributed by atoms with Gasteiger partial charge in [-0.05, 0) is 45.2 Å². The van der Waals surface area contributed by atoms with Gasteiger partial charge in [0, 0.05) is 6.54 Å². The summed E-state index contributed by atoms with van der Waals surface area (Å²) in [6.45, 7) is 4.14. The van der Waals surface area contributed by atoms with E-state index in [0.29, 0.717) is 19.4 Å². The Morgan fingerprint density at radius 1 is 1.15 bits per heavy atom. The molecule has 2 fully saturated rings. The van der Waals surface area contributed by atoms with E-state index in [1.807, 2.05) is 0 Å². The lowest BCUT2D eigenvalue weighted by Crippen LogP contribution is -2.53. The Hall–Kier alpha value is -1.10. The van der Waals surface area contributed by atoms with Gasteiger partial charge >= 0.3 is 5.97 Å². The summed E-state index contributed by atoms with van der Waals surface area (Å²) in [5.74, 6) is -0.702. The smallest absolute Gasteiger partial charge is 0.311 e. The van der Waals surface area contributed by atoms with Gasteiger partial charge in [0.05, 0.1) is 10.8 Å². The van der Waals surface area contributed by atoms with Crippen molar-refractivity contribution in [3.05, 3.63) is 0 Å². The van der Waals surface area contributed by atoms with Crippen molar-refractivity contribution in [2.24, 2.45) is 10.8 Å². The maximum atomic E-state index is 12.6. The van der Waals surface area contributed by atoms with E-state index in [1.54, 1.807) is 0 Å². The highest BCUT2D eigenvalue weighted by atomic mass is 16.4. The van der Waals surface area contributed by atoms with E-state index >= 15 is 0 Å². The highest BCUT2D eigenvalue weighted by Crippen LogP contribution is 2.41. The molecule has 1 saturated carbocycles. The highest BCUT2D eigenvalue weighted by Gasteiger charge is 2.46. The van der Waals surface area contributed by atoms with Crippen LogP contribution in [-0.2, 0) is 9.59 Å². The van der Waals surface area contributed by atoms with Crippen LogP contribution in [0, 0.1) is 10.8 Å². The summed E-state index contributed by atoms with van der Waals surface area (Å²) in [5.41, 5.74) is -0.987. The third-order valence-corrected chi connectivity index (χ3v) is 5.12. The highest BCUT2D eigenvalue weighted by molar-refractivity contribution is 5.84. The normalized spacial score (nSPS) is 23.6. The van der Waals surface area contributed by atoms with Crippen LogP contribution in [0.15, 0.2) is 0 Å². The van der Waals surface area contributed by atoms with Gasteiger partial charge in [-0.1, -0.05) is 19.8 Å². The summed E-state index contributed by atoms with van der Waals surface area (Å²) in [7, 11) is 0. The van der Waals surface area contributed by atoms with Crippen molar-refractivity contribution >= 4 is 11.9 Å². The van der Waals surface area contributed by atoms with E-state index < -0.39 is 11.4 Å². The lowest BCUT2D eigenvalue weighted by molar-refractivity contribution is -0.154. The van der Waals surface area contributed by atoms with Crippen LogP contribution in [0.3, 0.4) is 0 Å². The quantitative estimate of drug-likeness (QED) is 0.690. The monoisotopic (exact) mass is 282 g/mol. The molecule has 1 aliphatic heterocycles. The Morgan fingerprint density at radius 3 is 2.25 bits per heavy atom. The van der Waals surface area contributed by atoms with E-state index in [9.17, 15) is 14.7 Å². The lowest BCUT2D eigenvalue weighted by Gasteiger charge is -2.40. The zero-order valence-corrected chi connectivity index (χ0v) is 12.3. The third-order valence-electron chi connectivity index (χ3n) is 5.12. The van der Waals surface area contributed by atoms with E-state index in [1.165, 1.54) is 0 Å². The van der Waals surface area contributed by atoms with Crippen molar-refractivity contribution in [1.82, 2.24) is 10.6 Å². The standard InChI is InChI=1S/C15H26N2O3/c1-2-4-14(7-9-16-10-8-14)12(18)17-11-15(13(19)20)5-3-6-15/h16H,2-11H2,1H3,(H,17,18)(H,19,20). The average molecular weight is 282 g/mol. The summed E-state index contributed by atoms with van der Waals surface area (Å²) < 4.78 is 0. The summed E-state index contributed by atoms with van der Waals surface area (Å²) in [5, 5.41) is 15.6. The zero-order valence-electron chi connectivity index (χ0n) is 12.3. The van der Waals surface area contributed by atoms with Gasteiger partial charge in [0.2, 0.25) is 5.91 Å².